The lowest BCUT2D eigenvalue weighted by Crippen LogP contribution is -2.36. The first kappa shape index (κ1) is 21.8. The van der Waals surface area contributed by atoms with Crippen LogP contribution in [0, 0.1) is 6.92 Å². The summed E-state index contributed by atoms with van der Waals surface area (Å²) in [5.41, 5.74) is 5.56. The summed E-state index contributed by atoms with van der Waals surface area (Å²) in [6.07, 6.45) is -3.07. The van der Waals surface area contributed by atoms with Crippen molar-refractivity contribution in [2.24, 2.45) is 0 Å². The molecule has 7 nitrogen and oxygen atoms in total. The lowest BCUT2D eigenvalue weighted by molar-refractivity contribution is 0.0179. The van der Waals surface area contributed by atoms with Crippen LogP contribution in [0.4, 0.5) is 4.79 Å². The van der Waals surface area contributed by atoms with Crippen molar-refractivity contribution in [1.82, 2.24) is 10.3 Å². The Morgan fingerprint density at radius 1 is 1.03 bits per heavy atom. The molecule has 1 aliphatic rings. The van der Waals surface area contributed by atoms with E-state index in [9.17, 15) is 15.0 Å². The van der Waals surface area contributed by atoms with Crippen LogP contribution in [0.3, 0.4) is 0 Å². The van der Waals surface area contributed by atoms with E-state index >= 15 is 0 Å². The second-order valence-electron chi connectivity index (χ2n) is 7.75. The summed E-state index contributed by atoms with van der Waals surface area (Å²) in [5, 5.41) is 23.3. The largest absolute Gasteiger partial charge is 0.481 e. The van der Waals surface area contributed by atoms with Crippen molar-refractivity contribution in [3.05, 3.63) is 83.0 Å². The number of aliphatic hydroxyl groups excluding tert-OH is 2. The highest BCUT2D eigenvalue weighted by molar-refractivity contribution is 5.79. The third kappa shape index (κ3) is 4.30. The van der Waals surface area contributed by atoms with Crippen LogP contribution in [0.1, 0.15) is 34.4 Å². The molecule has 0 saturated heterocycles. The van der Waals surface area contributed by atoms with Crippen LogP contribution in [-0.2, 0) is 4.74 Å². The number of nitrogens with one attached hydrogen (secondary N) is 1. The fourth-order valence-electron chi connectivity index (χ4n) is 4.13. The number of methoxy groups -OCH3 is 1. The smallest absolute Gasteiger partial charge is 0.407 e. The van der Waals surface area contributed by atoms with Crippen molar-refractivity contribution in [2.45, 2.75) is 25.0 Å². The van der Waals surface area contributed by atoms with E-state index in [0.29, 0.717) is 17.1 Å². The summed E-state index contributed by atoms with van der Waals surface area (Å²) >= 11 is 0. The molecule has 0 bridgehead atoms. The first-order valence-electron chi connectivity index (χ1n) is 10.5. The van der Waals surface area contributed by atoms with Gasteiger partial charge in [-0.2, -0.15) is 0 Å². The van der Waals surface area contributed by atoms with Crippen molar-refractivity contribution >= 4 is 6.09 Å². The molecule has 0 spiro atoms. The van der Waals surface area contributed by atoms with Gasteiger partial charge in [0.15, 0.2) is 0 Å². The van der Waals surface area contributed by atoms with Gasteiger partial charge in [0.05, 0.1) is 7.11 Å². The lowest BCUT2D eigenvalue weighted by Gasteiger charge is -2.20. The molecule has 2 aromatic carbocycles. The Morgan fingerprint density at radius 2 is 1.66 bits per heavy atom. The number of hydrogen-bond donors (Lipinski definition) is 3. The molecule has 0 radical (unpaired) electrons. The maximum absolute atomic E-state index is 12.3. The minimum absolute atomic E-state index is 0.0447. The van der Waals surface area contributed by atoms with Crippen LogP contribution in [0.15, 0.2) is 60.7 Å². The van der Waals surface area contributed by atoms with Gasteiger partial charge in [-0.3, -0.25) is 0 Å². The van der Waals surface area contributed by atoms with E-state index in [2.05, 4.69) is 22.4 Å². The molecule has 166 valence electrons. The number of pyridine rings is 1. The van der Waals surface area contributed by atoms with Gasteiger partial charge in [0, 0.05) is 29.8 Å². The molecule has 3 N–H and O–H groups in total. The molecule has 0 aliphatic heterocycles. The molecule has 2 unspecified atom stereocenters. The third-order valence-electron chi connectivity index (χ3n) is 5.79. The first-order valence-corrected chi connectivity index (χ1v) is 10.5. The Hall–Kier alpha value is -3.42. The van der Waals surface area contributed by atoms with Gasteiger partial charge < -0.3 is 25.0 Å². The fraction of sp³-hybridized carbons (Fsp3) is 0.280. The summed E-state index contributed by atoms with van der Waals surface area (Å²) in [7, 11) is 1.50. The Balaban J connectivity index is 1.34. The van der Waals surface area contributed by atoms with Gasteiger partial charge in [0.1, 0.15) is 18.8 Å². The Kier molecular flexibility index (Phi) is 6.39. The number of alkyl carbamates (subject to hydrolysis) is 1. The Bertz CT molecular complexity index is 1070. The summed E-state index contributed by atoms with van der Waals surface area (Å²) in [5.74, 6) is 0.376. The summed E-state index contributed by atoms with van der Waals surface area (Å²) in [6, 6.07) is 19.4. The summed E-state index contributed by atoms with van der Waals surface area (Å²) in [6.45, 7) is 1.73. The highest BCUT2D eigenvalue weighted by Gasteiger charge is 2.29. The second-order valence-corrected chi connectivity index (χ2v) is 7.75. The van der Waals surface area contributed by atoms with Crippen molar-refractivity contribution in [1.29, 1.82) is 0 Å². The monoisotopic (exact) mass is 434 g/mol. The van der Waals surface area contributed by atoms with Crippen LogP contribution in [-0.4, -0.2) is 47.7 Å². The molecule has 0 fully saturated rings. The van der Waals surface area contributed by atoms with E-state index in [1.54, 1.807) is 19.1 Å². The minimum atomic E-state index is -1.22. The molecule has 0 saturated carbocycles. The van der Waals surface area contributed by atoms with E-state index < -0.39 is 18.3 Å². The van der Waals surface area contributed by atoms with E-state index in [-0.39, 0.29) is 19.1 Å². The minimum Gasteiger partial charge on any atom is -0.481 e. The van der Waals surface area contributed by atoms with Crippen LogP contribution in [0.5, 0.6) is 5.88 Å². The number of aromatic nitrogens is 1. The zero-order chi connectivity index (χ0) is 22.7. The zero-order valence-electron chi connectivity index (χ0n) is 18.0. The van der Waals surface area contributed by atoms with E-state index in [1.165, 1.54) is 7.11 Å². The van der Waals surface area contributed by atoms with Gasteiger partial charge in [-0.25, -0.2) is 9.78 Å². The average Bonchev–Trinajstić information content (AvgIpc) is 3.14. The molecule has 2 atom stereocenters. The van der Waals surface area contributed by atoms with Crippen LogP contribution < -0.4 is 10.1 Å². The van der Waals surface area contributed by atoms with Crippen molar-refractivity contribution < 1.29 is 24.5 Å². The van der Waals surface area contributed by atoms with Gasteiger partial charge in [-0.15, -0.1) is 0 Å². The SMILES string of the molecule is COc1ccc(C(O)C(O)CNC(=O)OCC2c3ccccc3-c3ccccc32)c(C)n1. The molecule has 4 rings (SSSR count). The molecule has 1 heterocycles. The quantitative estimate of drug-likeness (QED) is 0.527. The molecule has 32 heavy (non-hydrogen) atoms. The van der Waals surface area contributed by atoms with Crippen LogP contribution in [0.2, 0.25) is 0 Å². The number of hydrogen-bond acceptors (Lipinski definition) is 6. The van der Waals surface area contributed by atoms with E-state index in [4.69, 9.17) is 9.47 Å². The summed E-state index contributed by atoms with van der Waals surface area (Å²) < 4.78 is 10.5. The van der Waals surface area contributed by atoms with Gasteiger partial charge in [-0.1, -0.05) is 48.5 Å². The number of aryl methyl sites for hydroxylation is 1. The number of aliphatic hydroxyl groups is 2. The van der Waals surface area contributed by atoms with E-state index in [1.807, 2.05) is 36.4 Å². The number of carbonyl (C=O) groups is 1. The van der Waals surface area contributed by atoms with Crippen molar-refractivity contribution in [3.63, 3.8) is 0 Å². The van der Waals surface area contributed by atoms with E-state index in [0.717, 1.165) is 22.3 Å². The number of benzene rings is 2. The summed E-state index contributed by atoms with van der Waals surface area (Å²) in [4.78, 5) is 16.5. The number of rotatable bonds is 7. The molecule has 7 heteroatoms. The zero-order valence-corrected chi connectivity index (χ0v) is 18.0. The van der Waals surface area contributed by atoms with Gasteiger partial charge in [0.2, 0.25) is 5.88 Å². The molecule has 3 aromatic rings. The predicted octanol–water partition coefficient (Wildman–Crippen LogP) is 3.33. The molecule has 1 aliphatic carbocycles. The normalized spacial score (nSPS) is 14.2. The standard InChI is InChI=1S/C25H26N2O5/c1-15-16(11-12-23(27-15)31-2)24(29)22(28)13-26-25(30)32-14-21-19-9-5-3-7-17(19)18-8-4-6-10-20(18)21/h3-12,21-22,24,28-29H,13-14H2,1-2H3,(H,26,30). The average molecular weight is 434 g/mol. The highest BCUT2D eigenvalue weighted by atomic mass is 16.5. The van der Waals surface area contributed by atoms with Gasteiger partial charge >= 0.3 is 6.09 Å². The number of ether oxygens (including phenoxy) is 2. The Labute approximate surface area is 186 Å². The predicted molar refractivity (Wildman–Crippen MR) is 120 cm³/mol. The maximum atomic E-state index is 12.3. The van der Waals surface area contributed by atoms with Crippen molar-refractivity contribution in [3.8, 4) is 17.0 Å². The maximum Gasteiger partial charge on any atom is 0.407 e. The third-order valence-corrected chi connectivity index (χ3v) is 5.79. The molecule has 1 amide bonds. The molecule has 1 aromatic heterocycles. The number of amides is 1. The first-order chi connectivity index (χ1) is 15.5. The van der Waals surface area contributed by atoms with Gasteiger partial charge in [0.25, 0.3) is 0 Å². The second kappa shape index (κ2) is 9.38. The topological polar surface area (TPSA) is 101 Å². The van der Waals surface area contributed by atoms with Gasteiger partial charge in [-0.05, 0) is 35.2 Å². The van der Waals surface area contributed by atoms with Crippen LogP contribution in [0.25, 0.3) is 11.1 Å². The number of fused-ring (bicyclic) bond motifs is 3. The highest BCUT2D eigenvalue weighted by Crippen LogP contribution is 2.44. The molecular formula is C25H26N2O5. The Morgan fingerprint density at radius 3 is 2.25 bits per heavy atom. The van der Waals surface area contributed by atoms with Crippen LogP contribution >= 0.6 is 0 Å². The number of nitrogens with zero attached hydrogens (tertiary/aromatic N) is 1. The lowest BCUT2D eigenvalue weighted by atomic mass is 9.98. The molecular weight excluding hydrogens is 408 g/mol. The number of carbonyl (C=O) groups excluding carboxylic acids is 1. The fourth-order valence-corrected chi connectivity index (χ4v) is 4.13. The van der Waals surface area contributed by atoms with Crippen molar-refractivity contribution in [2.75, 3.05) is 20.3 Å².